The van der Waals surface area contributed by atoms with Gasteiger partial charge in [0.05, 0.1) is 17.7 Å². The largest absolute Gasteiger partial charge is 0.391 e. The smallest absolute Gasteiger partial charge is 0.173 e. The molecule has 3 aromatic rings. The zero-order chi connectivity index (χ0) is 15.7. The van der Waals surface area contributed by atoms with Crippen LogP contribution in [0.4, 0.5) is 13.2 Å². The van der Waals surface area contributed by atoms with E-state index in [9.17, 15) is 18.3 Å². The molecule has 2 aromatic carbocycles. The van der Waals surface area contributed by atoms with E-state index in [1.54, 1.807) is 6.07 Å². The number of benzene rings is 2. The van der Waals surface area contributed by atoms with E-state index in [4.69, 9.17) is 4.52 Å². The van der Waals surface area contributed by atoms with Gasteiger partial charge in [-0.2, -0.15) is 0 Å². The van der Waals surface area contributed by atoms with E-state index in [2.05, 4.69) is 5.16 Å². The van der Waals surface area contributed by atoms with Gasteiger partial charge in [-0.1, -0.05) is 23.4 Å². The second kappa shape index (κ2) is 5.65. The molecule has 3 nitrogen and oxygen atoms in total. The molecule has 0 atom stereocenters. The molecule has 1 heterocycles. The number of hydrogen-bond acceptors (Lipinski definition) is 3. The molecular weight excluding hydrogens is 295 g/mol. The van der Waals surface area contributed by atoms with Gasteiger partial charge in [0.2, 0.25) is 0 Å². The number of rotatable bonds is 3. The van der Waals surface area contributed by atoms with Crippen LogP contribution in [0.3, 0.4) is 0 Å². The van der Waals surface area contributed by atoms with Crippen molar-refractivity contribution in [3.63, 3.8) is 0 Å². The number of aliphatic hydroxyl groups excluding tert-OH is 1. The van der Waals surface area contributed by atoms with Crippen LogP contribution < -0.4 is 0 Å². The molecule has 0 saturated heterocycles. The molecule has 0 amide bonds. The van der Waals surface area contributed by atoms with Crippen molar-refractivity contribution in [1.29, 1.82) is 0 Å². The van der Waals surface area contributed by atoms with Crippen molar-refractivity contribution in [2.24, 2.45) is 0 Å². The predicted molar refractivity (Wildman–Crippen MR) is 73.2 cm³/mol. The fourth-order valence-electron chi connectivity index (χ4n) is 2.23. The minimum absolute atomic E-state index is 0.0691. The van der Waals surface area contributed by atoms with E-state index in [0.29, 0.717) is 5.56 Å². The molecule has 0 aliphatic carbocycles. The summed E-state index contributed by atoms with van der Waals surface area (Å²) in [6, 6.07) is 8.81. The van der Waals surface area contributed by atoms with Crippen LogP contribution in [0.2, 0.25) is 0 Å². The first-order valence-electron chi connectivity index (χ1n) is 6.41. The lowest BCUT2D eigenvalue weighted by molar-refractivity contribution is 0.281. The zero-order valence-electron chi connectivity index (χ0n) is 11.2. The first kappa shape index (κ1) is 14.3. The summed E-state index contributed by atoms with van der Waals surface area (Å²) < 4.78 is 46.1. The third-order valence-electron chi connectivity index (χ3n) is 3.23. The number of nitrogens with zero attached hydrogens (tertiary/aromatic N) is 1. The Hall–Kier alpha value is -2.60. The van der Waals surface area contributed by atoms with E-state index in [1.807, 2.05) is 0 Å². The van der Waals surface area contributed by atoms with Crippen molar-refractivity contribution >= 4 is 0 Å². The summed E-state index contributed by atoms with van der Waals surface area (Å²) in [5.74, 6) is -2.08. The molecule has 0 spiro atoms. The van der Waals surface area contributed by atoms with E-state index < -0.39 is 29.6 Å². The molecule has 0 fully saturated rings. The van der Waals surface area contributed by atoms with Gasteiger partial charge in [-0.25, -0.2) is 13.2 Å². The lowest BCUT2D eigenvalue weighted by Crippen LogP contribution is -1.95. The van der Waals surface area contributed by atoms with E-state index in [1.165, 1.54) is 24.3 Å². The monoisotopic (exact) mass is 305 g/mol. The van der Waals surface area contributed by atoms with Gasteiger partial charge in [0.1, 0.15) is 23.1 Å². The summed E-state index contributed by atoms with van der Waals surface area (Å²) >= 11 is 0. The van der Waals surface area contributed by atoms with Crippen LogP contribution in [0, 0.1) is 17.5 Å². The maximum Gasteiger partial charge on any atom is 0.173 e. The Morgan fingerprint density at radius 1 is 1.00 bits per heavy atom. The molecule has 0 aliphatic heterocycles. The van der Waals surface area contributed by atoms with Gasteiger partial charge in [0.15, 0.2) is 5.76 Å². The zero-order valence-corrected chi connectivity index (χ0v) is 11.2. The van der Waals surface area contributed by atoms with Crippen LogP contribution in [0.1, 0.15) is 5.56 Å². The third kappa shape index (κ3) is 2.37. The van der Waals surface area contributed by atoms with Gasteiger partial charge < -0.3 is 9.63 Å². The van der Waals surface area contributed by atoms with Crippen LogP contribution in [0.25, 0.3) is 22.6 Å². The van der Waals surface area contributed by atoms with Crippen LogP contribution in [-0.4, -0.2) is 10.3 Å². The van der Waals surface area contributed by atoms with Crippen molar-refractivity contribution in [2.75, 3.05) is 0 Å². The predicted octanol–water partition coefficient (Wildman–Crippen LogP) is 3.92. The lowest BCUT2D eigenvalue weighted by atomic mass is 10.0. The molecule has 0 radical (unpaired) electrons. The number of aromatic nitrogens is 1. The maximum atomic E-state index is 13.9. The van der Waals surface area contributed by atoms with E-state index in [-0.39, 0.29) is 17.0 Å². The Bertz CT molecular complexity index is 810. The highest BCUT2D eigenvalue weighted by molar-refractivity contribution is 5.73. The second-order valence-electron chi connectivity index (χ2n) is 4.60. The topological polar surface area (TPSA) is 46.3 Å². The quantitative estimate of drug-likeness (QED) is 0.798. The molecule has 1 aromatic heterocycles. The maximum absolute atomic E-state index is 13.9. The normalized spacial score (nSPS) is 10.9. The van der Waals surface area contributed by atoms with Crippen molar-refractivity contribution < 1.29 is 22.8 Å². The van der Waals surface area contributed by atoms with Gasteiger partial charge in [0.25, 0.3) is 0 Å². The summed E-state index contributed by atoms with van der Waals surface area (Å²) in [5.41, 5.74) is -0.121. The Balaban J connectivity index is 2.20. The molecule has 0 saturated carbocycles. The molecule has 112 valence electrons. The fourth-order valence-corrected chi connectivity index (χ4v) is 2.23. The molecule has 22 heavy (non-hydrogen) atoms. The van der Waals surface area contributed by atoms with Crippen LogP contribution in [0.15, 0.2) is 47.0 Å². The van der Waals surface area contributed by atoms with Crippen molar-refractivity contribution in [2.45, 2.75) is 6.61 Å². The average Bonchev–Trinajstić information content (AvgIpc) is 2.90. The average molecular weight is 305 g/mol. The van der Waals surface area contributed by atoms with Crippen molar-refractivity contribution in [3.05, 3.63) is 65.5 Å². The Morgan fingerprint density at radius 3 is 2.32 bits per heavy atom. The van der Waals surface area contributed by atoms with E-state index >= 15 is 0 Å². The van der Waals surface area contributed by atoms with Gasteiger partial charge >= 0.3 is 0 Å². The summed E-state index contributed by atoms with van der Waals surface area (Å²) in [7, 11) is 0. The highest BCUT2D eigenvalue weighted by Gasteiger charge is 2.23. The number of aliphatic hydroxyl groups is 1. The SMILES string of the molecule is OCc1c(-c2c(F)cccc2F)noc1-c1cccc(F)c1. The minimum atomic E-state index is -0.825. The summed E-state index contributed by atoms with van der Waals surface area (Å²) in [6.45, 7) is -0.557. The molecule has 0 bridgehead atoms. The summed E-state index contributed by atoms with van der Waals surface area (Å²) in [4.78, 5) is 0. The molecule has 1 N–H and O–H groups in total. The lowest BCUT2D eigenvalue weighted by Gasteiger charge is -2.04. The number of halogens is 3. The van der Waals surface area contributed by atoms with Crippen molar-refractivity contribution in [1.82, 2.24) is 5.16 Å². The molecule has 6 heteroatoms. The molecule has 0 unspecified atom stereocenters. The fraction of sp³-hybridized carbons (Fsp3) is 0.0625. The van der Waals surface area contributed by atoms with Gasteiger partial charge in [-0.05, 0) is 24.3 Å². The highest BCUT2D eigenvalue weighted by atomic mass is 19.1. The Labute approximate surface area is 123 Å². The van der Waals surface area contributed by atoms with Crippen LogP contribution in [-0.2, 0) is 6.61 Å². The Kier molecular flexibility index (Phi) is 3.68. The van der Waals surface area contributed by atoms with Gasteiger partial charge in [0, 0.05) is 5.56 Å². The van der Waals surface area contributed by atoms with Crippen LogP contribution in [0.5, 0.6) is 0 Å². The minimum Gasteiger partial charge on any atom is -0.391 e. The second-order valence-corrected chi connectivity index (χ2v) is 4.60. The summed E-state index contributed by atoms with van der Waals surface area (Å²) in [5, 5.41) is 13.2. The Morgan fingerprint density at radius 2 is 1.68 bits per heavy atom. The van der Waals surface area contributed by atoms with Crippen LogP contribution >= 0.6 is 0 Å². The molecular formula is C16H10F3NO2. The standard InChI is InChI=1S/C16H10F3NO2/c17-10-4-1-3-9(7-10)16-11(8-21)15(20-22-16)14-12(18)5-2-6-13(14)19/h1-7,21H,8H2. The van der Waals surface area contributed by atoms with Gasteiger partial charge in [-0.15, -0.1) is 0 Å². The first-order chi connectivity index (χ1) is 10.6. The number of hydrogen-bond donors (Lipinski definition) is 1. The molecule has 3 rings (SSSR count). The van der Waals surface area contributed by atoms with Crippen molar-refractivity contribution in [3.8, 4) is 22.6 Å². The summed E-state index contributed by atoms with van der Waals surface area (Å²) in [6.07, 6.45) is 0. The first-order valence-corrected chi connectivity index (χ1v) is 6.41. The highest BCUT2D eigenvalue weighted by Crippen LogP contribution is 2.34. The third-order valence-corrected chi connectivity index (χ3v) is 3.23. The van der Waals surface area contributed by atoms with Gasteiger partial charge in [-0.3, -0.25) is 0 Å². The molecule has 0 aliphatic rings. The van der Waals surface area contributed by atoms with E-state index in [0.717, 1.165) is 12.1 Å².